The second-order valence-electron chi connectivity index (χ2n) is 7.45. The molecule has 1 aliphatic heterocycles. The first-order chi connectivity index (χ1) is 13.8. The van der Waals surface area contributed by atoms with Crippen LogP contribution in [0.2, 0.25) is 0 Å². The highest BCUT2D eigenvalue weighted by Gasteiger charge is 2.22. The van der Waals surface area contributed by atoms with E-state index in [0.717, 1.165) is 25.3 Å². The maximum atomic E-state index is 5.28. The molecule has 2 heteroatoms. The van der Waals surface area contributed by atoms with Crippen molar-refractivity contribution in [3.8, 4) is 5.75 Å². The molecule has 0 radical (unpaired) electrons. The van der Waals surface area contributed by atoms with Crippen LogP contribution in [-0.4, -0.2) is 7.11 Å². The van der Waals surface area contributed by atoms with Gasteiger partial charge in [-0.3, -0.25) is 0 Å². The smallest absolute Gasteiger partial charge is 0.118 e. The van der Waals surface area contributed by atoms with Gasteiger partial charge in [0.2, 0.25) is 0 Å². The summed E-state index contributed by atoms with van der Waals surface area (Å²) >= 11 is 0. The Bertz CT molecular complexity index is 1120. The lowest BCUT2D eigenvalue weighted by Gasteiger charge is -2.20. The number of ether oxygens (including phenoxy) is 1. The average molecular weight is 365 g/mol. The first-order valence-corrected chi connectivity index (χ1v) is 9.77. The summed E-state index contributed by atoms with van der Waals surface area (Å²) in [5.41, 5.74) is 6.83. The lowest BCUT2D eigenvalue weighted by molar-refractivity contribution is 0.414. The Labute approximate surface area is 166 Å². The van der Waals surface area contributed by atoms with E-state index in [1.807, 2.05) is 12.1 Å². The van der Waals surface area contributed by atoms with Gasteiger partial charge in [0.15, 0.2) is 0 Å². The molecule has 0 N–H and O–H groups in total. The van der Waals surface area contributed by atoms with Gasteiger partial charge < -0.3 is 9.64 Å². The second kappa shape index (κ2) is 7.05. The average Bonchev–Trinajstić information content (AvgIpc) is 3.10. The van der Waals surface area contributed by atoms with E-state index in [2.05, 4.69) is 77.7 Å². The molecule has 0 atom stereocenters. The van der Waals surface area contributed by atoms with E-state index in [-0.39, 0.29) is 0 Å². The van der Waals surface area contributed by atoms with Crippen LogP contribution in [0.15, 0.2) is 84.9 Å². The molecule has 0 saturated heterocycles. The monoisotopic (exact) mass is 365 g/mol. The lowest BCUT2D eigenvalue weighted by Crippen LogP contribution is -2.17. The van der Waals surface area contributed by atoms with Gasteiger partial charge >= 0.3 is 0 Å². The van der Waals surface area contributed by atoms with E-state index in [1.165, 1.54) is 38.7 Å². The number of anilines is 1. The van der Waals surface area contributed by atoms with E-state index in [1.54, 1.807) is 7.11 Å². The number of benzene rings is 4. The summed E-state index contributed by atoms with van der Waals surface area (Å²) in [5, 5.41) is 2.81. The van der Waals surface area contributed by atoms with Crippen molar-refractivity contribution < 1.29 is 4.74 Å². The normalized spacial score (nSPS) is 12.5. The molecule has 1 aliphatic rings. The van der Waals surface area contributed by atoms with Crippen molar-refractivity contribution in [3.63, 3.8) is 0 Å². The van der Waals surface area contributed by atoms with Crippen molar-refractivity contribution in [2.75, 3.05) is 12.0 Å². The van der Waals surface area contributed by atoms with Gasteiger partial charge in [0.05, 0.1) is 7.11 Å². The van der Waals surface area contributed by atoms with Gasteiger partial charge in [-0.25, -0.2) is 0 Å². The number of rotatable bonds is 5. The summed E-state index contributed by atoms with van der Waals surface area (Å²) in [4.78, 5) is 2.48. The van der Waals surface area contributed by atoms with E-state index < -0.39 is 0 Å². The number of nitrogens with zero attached hydrogens (tertiary/aromatic N) is 1. The molecule has 0 amide bonds. The molecule has 0 aromatic heterocycles. The Hall–Kier alpha value is -3.26. The van der Waals surface area contributed by atoms with Crippen molar-refractivity contribution in [3.05, 3.63) is 107 Å². The Morgan fingerprint density at radius 2 is 1.61 bits per heavy atom. The van der Waals surface area contributed by atoms with Crippen molar-refractivity contribution in [1.29, 1.82) is 0 Å². The fourth-order valence-corrected chi connectivity index (χ4v) is 4.27. The number of hydrogen-bond donors (Lipinski definition) is 0. The zero-order chi connectivity index (χ0) is 18.9. The molecule has 28 heavy (non-hydrogen) atoms. The van der Waals surface area contributed by atoms with Crippen LogP contribution >= 0.6 is 0 Å². The minimum atomic E-state index is 0.904. The highest BCUT2D eigenvalue weighted by molar-refractivity contribution is 6.01. The molecule has 0 aliphatic carbocycles. The van der Waals surface area contributed by atoms with E-state index in [9.17, 15) is 0 Å². The van der Waals surface area contributed by atoms with E-state index in [4.69, 9.17) is 4.74 Å². The van der Waals surface area contributed by atoms with E-state index >= 15 is 0 Å². The predicted octanol–water partition coefficient (Wildman–Crippen LogP) is 5.96. The highest BCUT2D eigenvalue weighted by atomic mass is 16.5. The van der Waals surface area contributed by atoms with Gasteiger partial charge in [-0.15, -0.1) is 0 Å². The fraction of sp³-hybridized carbons (Fsp3) is 0.154. The Balaban J connectivity index is 1.49. The molecule has 1 heterocycles. The second-order valence-corrected chi connectivity index (χ2v) is 7.45. The molecule has 4 aromatic carbocycles. The predicted molar refractivity (Wildman–Crippen MR) is 116 cm³/mol. The van der Waals surface area contributed by atoms with Crippen LogP contribution in [0, 0.1) is 0 Å². The molecule has 0 bridgehead atoms. The van der Waals surface area contributed by atoms with Crippen LogP contribution in [0.3, 0.4) is 0 Å². The summed E-state index contributed by atoms with van der Waals surface area (Å²) in [6, 6.07) is 30.5. The topological polar surface area (TPSA) is 12.5 Å². The van der Waals surface area contributed by atoms with Crippen LogP contribution in [0.4, 0.5) is 5.69 Å². The molecular formula is C26H23NO. The molecule has 0 spiro atoms. The zero-order valence-corrected chi connectivity index (χ0v) is 16.1. The van der Waals surface area contributed by atoms with Crippen molar-refractivity contribution >= 4 is 16.5 Å². The quantitative estimate of drug-likeness (QED) is 0.433. The van der Waals surface area contributed by atoms with E-state index in [0.29, 0.717) is 0 Å². The van der Waals surface area contributed by atoms with Crippen molar-refractivity contribution in [2.45, 2.75) is 19.5 Å². The molecule has 5 rings (SSSR count). The molecule has 0 saturated carbocycles. The van der Waals surface area contributed by atoms with Gasteiger partial charge in [0.25, 0.3) is 0 Å². The molecule has 4 aromatic rings. The Morgan fingerprint density at radius 1 is 0.786 bits per heavy atom. The summed E-state index contributed by atoms with van der Waals surface area (Å²) < 4.78 is 5.28. The maximum Gasteiger partial charge on any atom is 0.118 e. The maximum absolute atomic E-state index is 5.28. The summed E-state index contributed by atoms with van der Waals surface area (Å²) in [6.45, 7) is 1.87. The zero-order valence-electron chi connectivity index (χ0n) is 16.1. The van der Waals surface area contributed by atoms with Crippen LogP contribution < -0.4 is 9.64 Å². The SMILES string of the molecule is COc1ccc(CN2Cc3cccc4c(Cc5ccccc5)ccc2c34)cc1. The van der Waals surface area contributed by atoms with Crippen molar-refractivity contribution in [2.24, 2.45) is 0 Å². The number of methoxy groups -OCH3 is 1. The van der Waals surface area contributed by atoms with Crippen LogP contribution in [0.25, 0.3) is 10.8 Å². The molecular weight excluding hydrogens is 342 g/mol. The van der Waals surface area contributed by atoms with Gasteiger partial charge in [0, 0.05) is 24.2 Å². The third-order valence-corrected chi connectivity index (χ3v) is 5.67. The minimum absolute atomic E-state index is 0.904. The third-order valence-electron chi connectivity index (χ3n) is 5.67. The van der Waals surface area contributed by atoms with Crippen LogP contribution in [0.1, 0.15) is 22.3 Å². The van der Waals surface area contributed by atoms with Gasteiger partial charge in [-0.2, -0.15) is 0 Å². The standard InChI is InChI=1S/C26H23NO/c1-28-23-13-10-20(11-14-23)17-27-18-22-8-5-9-24-21(12-15-25(27)26(22)24)16-19-6-3-2-4-7-19/h2-15H,16-18H2,1H3. The first-order valence-electron chi connectivity index (χ1n) is 9.77. The number of hydrogen-bond acceptors (Lipinski definition) is 2. The summed E-state index contributed by atoms with van der Waals surface area (Å²) in [5.74, 6) is 0.904. The molecule has 138 valence electrons. The minimum Gasteiger partial charge on any atom is -0.497 e. The Kier molecular flexibility index (Phi) is 4.25. The van der Waals surface area contributed by atoms with Crippen LogP contribution in [-0.2, 0) is 19.5 Å². The largest absolute Gasteiger partial charge is 0.497 e. The lowest BCUT2D eigenvalue weighted by atomic mass is 9.96. The van der Waals surface area contributed by atoms with Gasteiger partial charge in [-0.05, 0) is 52.3 Å². The first kappa shape index (κ1) is 16.9. The molecule has 0 unspecified atom stereocenters. The van der Waals surface area contributed by atoms with Crippen LogP contribution in [0.5, 0.6) is 5.75 Å². The van der Waals surface area contributed by atoms with Gasteiger partial charge in [-0.1, -0.05) is 66.7 Å². The Morgan fingerprint density at radius 3 is 2.39 bits per heavy atom. The van der Waals surface area contributed by atoms with Gasteiger partial charge in [0.1, 0.15) is 5.75 Å². The molecule has 0 fully saturated rings. The molecule has 2 nitrogen and oxygen atoms in total. The summed E-state index contributed by atoms with van der Waals surface area (Å²) in [7, 11) is 1.71. The third kappa shape index (κ3) is 3.01. The highest BCUT2D eigenvalue weighted by Crippen LogP contribution is 2.40. The summed E-state index contributed by atoms with van der Waals surface area (Å²) in [6.07, 6.45) is 0.972. The van der Waals surface area contributed by atoms with Crippen molar-refractivity contribution in [1.82, 2.24) is 0 Å². The fourth-order valence-electron chi connectivity index (χ4n) is 4.27.